The van der Waals surface area contributed by atoms with Crippen molar-refractivity contribution in [2.24, 2.45) is 10.8 Å². The van der Waals surface area contributed by atoms with Crippen LogP contribution in [0.4, 0.5) is 0 Å². The van der Waals surface area contributed by atoms with E-state index < -0.39 is 18.8 Å². The Morgan fingerprint density at radius 3 is 1.20 bits per heavy atom. The van der Waals surface area contributed by atoms with Crippen LogP contribution in [-0.4, -0.2) is 110 Å². The van der Waals surface area contributed by atoms with E-state index in [0.29, 0.717) is 6.29 Å². The van der Waals surface area contributed by atoms with E-state index in [-0.39, 0.29) is 23.1 Å². The highest BCUT2D eigenvalue weighted by Crippen LogP contribution is 2.54. The summed E-state index contributed by atoms with van der Waals surface area (Å²) in [5.41, 5.74) is -0.580. The van der Waals surface area contributed by atoms with Crippen molar-refractivity contribution in [1.82, 2.24) is 20.0 Å². The van der Waals surface area contributed by atoms with Gasteiger partial charge >= 0.3 is 19.9 Å². The first-order chi connectivity index (χ1) is 18.5. The van der Waals surface area contributed by atoms with E-state index in [9.17, 15) is 4.57 Å². The minimum Gasteiger partial charge on any atom is -0.314 e. The van der Waals surface area contributed by atoms with Gasteiger partial charge in [0.2, 0.25) is 0 Å². The Kier molecular flexibility index (Phi) is 19.5. The van der Waals surface area contributed by atoms with Crippen LogP contribution in [0.15, 0.2) is 0 Å². The monoisotopic (exact) mass is 606 g/mol. The summed E-state index contributed by atoms with van der Waals surface area (Å²) in [7, 11) is -3.33. The molecular formula is C29H59N4O7P. The van der Waals surface area contributed by atoms with Crippen molar-refractivity contribution in [2.45, 2.75) is 94.3 Å². The lowest BCUT2D eigenvalue weighted by atomic mass is 9.95. The standard InChI is InChI=1S/C27H59N4O3P.2CO2/c1-24(2,3)21-29-15-13-28-14-16-31(20-19-30(18-17-29)22-25(4,5)6)23-35(32,33-26(7,8)9)34-27(10,11)12;2*2-1-3/h28H,13-23H2,1-12H3;;. The van der Waals surface area contributed by atoms with Crippen molar-refractivity contribution in [3.05, 3.63) is 0 Å². The average molecular weight is 607 g/mol. The third-order valence-corrected chi connectivity index (χ3v) is 7.67. The maximum absolute atomic E-state index is 13.9. The number of hydrogen-bond acceptors (Lipinski definition) is 11. The summed E-state index contributed by atoms with van der Waals surface area (Å²) in [5, 5.41) is 3.61. The molecule has 0 aliphatic carbocycles. The molecule has 41 heavy (non-hydrogen) atoms. The van der Waals surface area contributed by atoms with Crippen LogP contribution in [-0.2, 0) is 32.8 Å². The lowest BCUT2D eigenvalue weighted by Gasteiger charge is -2.38. The molecule has 1 aliphatic rings. The molecule has 1 aliphatic heterocycles. The van der Waals surface area contributed by atoms with Crippen LogP contribution >= 0.6 is 7.60 Å². The van der Waals surface area contributed by atoms with Gasteiger partial charge in [0.1, 0.15) is 6.29 Å². The zero-order chi connectivity index (χ0) is 32.5. The summed E-state index contributed by atoms with van der Waals surface area (Å²) >= 11 is 0. The molecule has 0 saturated carbocycles. The topological polar surface area (TPSA) is 126 Å². The normalized spacial score (nSPS) is 17.9. The number of nitrogens with zero attached hydrogens (tertiary/aromatic N) is 3. The van der Waals surface area contributed by atoms with Gasteiger partial charge in [-0.25, -0.2) is 0 Å². The minimum absolute atomic E-state index is 0.221. The molecule has 0 spiro atoms. The second kappa shape index (κ2) is 19.1. The van der Waals surface area contributed by atoms with E-state index in [1.165, 1.54) is 0 Å². The number of nitrogens with one attached hydrogen (secondary N) is 1. The summed E-state index contributed by atoms with van der Waals surface area (Å²) in [5.74, 6) is 0. The first-order valence-corrected chi connectivity index (χ1v) is 16.1. The van der Waals surface area contributed by atoms with Gasteiger partial charge in [-0.05, 0) is 52.4 Å². The van der Waals surface area contributed by atoms with Crippen LogP contribution in [0.1, 0.15) is 83.1 Å². The molecule has 0 unspecified atom stereocenters. The SMILES string of the molecule is CC(C)(C)CN1CCNCCN(CP(=O)(OC(C)(C)C)OC(C)(C)C)CCN(CC(C)(C)C)CC1.O=C=O.O=C=O. The molecule has 1 fully saturated rings. The van der Waals surface area contributed by atoms with Crippen molar-refractivity contribution >= 4 is 19.9 Å². The van der Waals surface area contributed by atoms with E-state index in [0.717, 1.165) is 65.4 Å². The maximum atomic E-state index is 13.9. The van der Waals surface area contributed by atoms with Gasteiger partial charge in [-0.2, -0.15) is 19.2 Å². The highest BCUT2D eigenvalue weighted by Gasteiger charge is 2.37. The van der Waals surface area contributed by atoms with Gasteiger partial charge < -0.3 is 24.2 Å². The molecule has 0 atom stereocenters. The van der Waals surface area contributed by atoms with Gasteiger partial charge in [0, 0.05) is 65.4 Å². The second-order valence-corrected chi connectivity index (χ2v) is 16.7. The first-order valence-electron chi connectivity index (χ1n) is 14.3. The Bertz CT molecular complexity index is 798. The van der Waals surface area contributed by atoms with Crippen LogP contribution in [0.2, 0.25) is 0 Å². The Hall–Kier alpha value is -1.25. The van der Waals surface area contributed by atoms with Crippen LogP contribution in [0.25, 0.3) is 0 Å². The average Bonchev–Trinajstić information content (AvgIpc) is 2.70. The molecule has 1 saturated heterocycles. The summed E-state index contributed by atoms with van der Waals surface area (Å²) in [6.45, 7) is 35.2. The lowest BCUT2D eigenvalue weighted by Crippen LogP contribution is -2.48. The van der Waals surface area contributed by atoms with Crippen LogP contribution < -0.4 is 5.32 Å². The van der Waals surface area contributed by atoms with Crippen molar-refractivity contribution in [2.75, 3.05) is 71.7 Å². The molecule has 0 radical (unpaired) electrons. The highest BCUT2D eigenvalue weighted by molar-refractivity contribution is 7.53. The highest BCUT2D eigenvalue weighted by atomic mass is 31.2. The molecule has 1 rings (SSSR count). The lowest BCUT2D eigenvalue weighted by molar-refractivity contribution is -0.193. The Balaban J connectivity index is 0. The Morgan fingerprint density at radius 2 is 0.878 bits per heavy atom. The van der Waals surface area contributed by atoms with Crippen molar-refractivity contribution in [3.8, 4) is 0 Å². The molecule has 0 aromatic rings. The van der Waals surface area contributed by atoms with E-state index in [4.69, 9.17) is 28.2 Å². The van der Waals surface area contributed by atoms with Gasteiger partial charge in [0.25, 0.3) is 0 Å². The van der Waals surface area contributed by atoms with E-state index in [2.05, 4.69) is 61.6 Å². The van der Waals surface area contributed by atoms with Crippen molar-refractivity contribution in [1.29, 1.82) is 0 Å². The van der Waals surface area contributed by atoms with E-state index in [1.807, 2.05) is 41.5 Å². The van der Waals surface area contributed by atoms with Gasteiger partial charge in [0.15, 0.2) is 0 Å². The fourth-order valence-electron chi connectivity index (χ4n) is 4.46. The molecule has 242 valence electrons. The van der Waals surface area contributed by atoms with E-state index in [1.54, 1.807) is 0 Å². The molecular weight excluding hydrogens is 547 g/mol. The van der Waals surface area contributed by atoms with Crippen molar-refractivity contribution in [3.63, 3.8) is 0 Å². The molecule has 0 aromatic heterocycles. The minimum atomic E-state index is -3.33. The fraction of sp³-hybridized carbons (Fsp3) is 0.931. The predicted molar refractivity (Wildman–Crippen MR) is 160 cm³/mol. The predicted octanol–water partition coefficient (Wildman–Crippen LogP) is 4.20. The third kappa shape index (κ3) is 27.3. The van der Waals surface area contributed by atoms with Crippen LogP contribution in [0.5, 0.6) is 0 Å². The molecule has 0 amide bonds. The van der Waals surface area contributed by atoms with Crippen LogP contribution in [0.3, 0.4) is 0 Å². The molecule has 12 heteroatoms. The van der Waals surface area contributed by atoms with Crippen LogP contribution in [0, 0.1) is 10.8 Å². The van der Waals surface area contributed by atoms with Crippen molar-refractivity contribution < 1.29 is 32.8 Å². The number of hydrogen-bond donors (Lipinski definition) is 1. The van der Waals surface area contributed by atoms with Gasteiger partial charge in [-0.15, -0.1) is 0 Å². The smallest absolute Gasteiger partial charge is 0.314 e. The third-order valence-electron chi connectivity index (χ3n) is 5.27. The summed E-state index contributed by atoms with van der Waals surface area (Å²) in [6.07, 6.45) is 0.808. The summed E-state index contributed by atoms with van der Waals surface area (Å²) in [4.78, 5) is 40.0. The second-order valence-electron chi connectivity index (χ2n) is 14.9. The quantitative estimate of drug-likeness (QED) is 0.437. The maximum Gasteiger partial charge on any atom is 0.373 e. The Labute approximate surface area is 249 Å². The van der Waals surface area contributed by atoms with Gasteiger partial charge in [-0.3, -0.25) is 9.46 Å². The molecule has 0 bridgehead atoms. The number of carbonyl (C=O) groups excluding carboxylic acids is 4. The van der Waals surface area contributed by atoms with Gasteiger partial charge in [-0.1, -0.05) is 41.5 Å². The zero-order valence-corrected chi connectivity index (χ0v) is 28.8. The zero-order valence-electron chi connectivity index (χ0n) is 27.9. The summed E-state index contributed by atoms with van der Waals surface area (Å²) < 4.78 is 26.1. The molecule has 0 aromatic carbocycles. The molecule has 11 nitrogen and oxygen atoms in total. The largest absolute Gasteiger partial charge is 0.373 e. The summed E-state index contributed by atoms with van der Waals surface area (Å²) in [6, 6.07) is 0. The van der Waals surface area contributed by atoms with Gasteiger partial charge in [0.05, 0.1) is 11.2 Å². The molecule has 1 N–H and O–H groups in total. The Morgan fingerprint density at radius 1 is 0.585 bits per heavy atom. The number of rotatable bonds is 6. The first kappa shape index (κ1) is 41.9. The van der Waals surface area contributed by atoms with E-state index >= 15 is 0 Å². The molecule has 1 heterocycles. The fourth-order valence-corrected chi connectivity index (χ4v) is 7.05.